The van der Waals surface area contributed by atoms with Gasteiger partial charge in [0, 0.05) is 4.88 Å². The number of aryl methyl sites for hydroxylation is 1. The third-order valence-corrected chi connectivity index (χ3v) is 5.46. The zero-order valence-corrected chi connectivity index (χ0v) is 10.5. The Morgan fingerprint density at radius 2 is 2.06 bits per heavy atom. The summed E-state index contributed by atoms with van der Waals surface area (Å²) >= 11 is 1.84. The zero-order valence-electron chi connectivity index (χ0n) is 9.69. The van der Waals surface area contributed by atoms with Gasteiger partial charge in [0.25, 0.3) is 0 Å². The summed E-state index contributed by atoms with van der Waals surface area (Å²) in [7, 11) is 0. The van der Waals surface area contributed by atoms with E-state index < -0.39 is 0 Å². The van der Waals surface area contributed by atoms with Crippen LogP contribution in [0.25, 0.3) is 0 Å². The summed E-state index contributed by atoms with van der Waals surface area (Å²) in [6.45, 7) is 0. The van der Waals surface area contributed by atoms with E-state index >= 15 is 0 Å². The first-order valence-electron chi connectivity index (χ1n) is 6.55. The minimum Gasteiger partial charge on any atom is -0.389 e. The Kier molecular flexibility index (Phi) is 2.80. The number of hydrogen-bond acceptors (Lipinski definition) is 2. The molecule has 2 atom stereocenters. The van der Waals surface area contributed by atoms with Crippen LogP contribution in [0.4, 0.5) is 0 Å². The molecule has 2 fully saturated rings. The second-order valence-corrected chi connectivity index (χ2v) is 6.45. The quantitative estimate of drug-likeness (QED) is 0.846. The first-order valence-corrected chi connectivity index (χ1v) is 7.43. The molecular formula is C14H20OS. The van der Waals surface area contributed by atoms with Crippen molar-refractivity contribution in [2.75, 3.05) is 0 Å². The van der Waals surface area contributed by atoms with Crippen LogP contribution in [-0.2, 0) is 6.42 Å². The summed E-state index contributed by atoms with van der Waals surface area (Å²) < 4.78 is 0. The van der Waals surface area contributed by atoms with E-state index in [-0.39, 0.29) is 5.60 Å². The van der Waals surface area contributed by atoms with Crippen LogP contribution in [0.15, 0.2) is 17.5 Å². The molecule has 0 spiro atoms. The van der Waals surface area contributed by atoms with Crippen molar-refractivity contribution in [2.24, 2.45) is 11.8 Å². The normalized spacial score (nSPS) is 37.1. The molecule has 1 aromatic rings. The molecule has 2 saturated carbocycles. The topological polar surface area (TPSA) is 20.2 Å². The van der Waals surface area contributed by atoms with Gasteiger partial charge >= 0.3 is 0 Å². The summed E-state index contributed by atoms with van der Waals surface area (Å²) in [6.07, 6.45) is 8.58. The van der Waals surface area contributed by atoms with Crippen LogP contribution in [0.2, 0.25) is 0 Å². The smallest absolute Gasteiger partial charge is 0.0711 e. The lowest BCUT2D eigenvalue weighted by molar-refractivity contribution is 0.106. The SMILES string of the molecule is OC1(CCCc2cccs2)C2CCCCC21. The van der Waals surface area contributed by atoms with E-state index in [0.29, 0.717) is 11.8 Å². The van der Waals surface area contributed by atoms with Gasteiger partial charge in [0.1, 0.15) is 0 Å². The third-order valence-electron chi connectivity index (χ3n) is 4.52. The van der Waals surface area contributed by atoms with Crippen LogP contribution < -0.4 is 0 Å². The standard InChI is InChI=1S/C14H20OS/c15-14(12-7-1-2-8-13(12)14)9-3-5-11-6-4-10-16-11/h4,6,10,12-13,15H,1-3,5,7-9H2. The molecule has 2 aliphatic carbocycles. The van der Waals surface area contributed by atoms with Crippen molar-refractivity contribution in [1.29, 1.82) is 0 Å². The van der Waals surface area contributed by atoms with E-state index in [2.05, 4.69) is 17.5 Å². The summed E-state index contributed by atoms with van der Waals surface area (Å²) in [5.41, 5.74) is -0.256. The second kappa shape index (κ2) is 4.15. The van der Waals surface area contributed by atoms with Crippen molar-refractivity contribution < 1.29 is 5.11 Å². The molecule has 0 bridgehead atoms. The molecule has 0 radical (unpaired) electrons. The van der Waals surface area contributed by atoms with Gasteiger partial charge in [-0.15, -0.1) is 11.3 Å². The highest BCUT2D eigenvalue weighted by Crippen LogP contribution is 2.60. The minimum absolute atomic E-state index is 0.256. The zero-order chi connectivity index (χ0) is 11.0. The van der Waals surface area contributed by atoms with Gasteiger partial charge in [-0.25, -0.2) is 0 Å². The fourth-order valence-electron chi connectivity index (χ4n) is 3.59. The Hall–Kier alpha value is -0.340. The lowest BCUT2D eigenvalue weighted by atomic mass is 10.0. The Labute approximate surface area is 102 Å². The van der Waals surface area contributed by atoms with Crippen molar-refractivity contribution >= 4 is 11.3 Å². The lowest BCUT2D eigenvalue weighted by Gasteiger charge is -2.09. The second-order valence-electron chi connectivity index (χ2n) is 5.42. The van der Waals surface area contributed by atoms with Crippen molar-refractivity contribution in [1.82, 2.24) is 0 Å². The van der Waals surface area contributed by atoms with Crippen LogP contribution in [0.1, 0.15) is 43.4 Å². The predicted molar refractivity (Wildman–Crippen MR) is 67.7 cm³/mol. The predicted octanol–water partition coefficient (Wildman–Crippen LogP) is 3.62. The van der Waals surface area contributed by atoms with Gasteiger partial charge in [-0.1, -0.05) is 18.9 Å². The average molecular weight is 236 g/mol. The molecule has 0 amide bonds. The van der Waals surface area contributed by atoms with Gasteiger partial charge in [-0.3, -0.25) is 0 Å². The molecule has 0 saturated heterocycles. The monoisotopic (exact) mass is 236 g/mol. The van der Waals surface area contributed by atoms with Gasteiger partial charge in [-0.2, -0.15) is 0 Å². The van der Waals surface area contributed by atoms with Gasteiger partial charge in [-0.05, 0) is 55.4 Å². The van der Waals surface area contributed by atoms with E-state index in [0.717, 1.165) is 19.3 Å². The Balaban J connectivity index is 1.49. The fourth-order valence-corrected chi connectivity index (χ4v) is 4.34. The molecule has 88 valence electrons. The van der Waals surface area contributed by atoms with Crippen LogP contribution in [-0.4, -0.2) is 10.7 Å². The Morgan fingerprint density at radius 1 is 1.31 bits per heavy atom. The minimum atomic E-state index is -0.256. The van der Waals surface area contributed by atoms with Crippen molar-refractivity contribution in [3.63, 3.8) is 0 Å². The highest BCUT2D eigenvalue weighted by molar-refractivity contribution is 7.09. The van der Waals surface area contributed by atoms with Crippen molar-refractivity contribution in [3.05, 3.63) is 22.4 Å². The highest BCUT2D eigenvalue weighted by Gasteiger charge is 2.62. The summed E-state index contributed by atoms with van der Waals surface area (Å²) in [4.78, 5) is 1.47. The van der Waals surface area contributed by atoms with Gasteiger partial charge in [0.2, 0.25) is 0 Å². The number of fused-ring (bicyclic) bond motifs is 1. The largest absolute Gasteiger partial charge is 0.389 e. The molecule has 1 aromatic heterocycles. The van der Waals surface area contributed by atoms with Crippen molar-refractivity contribution in [3.8, 4) is 0 Å². The molecule has 3 rings (SSSR count). The van der Waals surface area contributed by atoms with E-state index in [1.54, 1.807) is 0 Å². The van der Waals surface area contributed by atoms with Crippen molar-refractivity contribution in [2.45, 2.75) is 50.5 Å². The molecule has 16 heavy (non-hydrogen) atoms. The summed E-state index contributed by atoms with van der Waals surface area (Å²) in [5, 5.41) is 12.7. The molecule has 1 nitrogen and oxygen atoms in total. The maximum atomic E-state index is 10.5. The molecular weight excluding hydrogens is 216 g/mol. The molecule has 2 aliphatic rings. The number of aliphatic hydroxyl groups is 1. The number of thiophene rings is 1. The molecule has 1 heterocycles. The van der Waals surface area contributed by atoms with Crippen LogP contribution in [0.3, 0.4) is 0 Å². The average Bonchev–Trinajstić information content (AvgIpc) is 2.68. The molecule has 2 heteroatoms. The maximum absolute atomic E-state index is 10.5. The summed E-state index contributed by atoms with van der Waals surface area (Å²) in [6, 6.07) is 4.32. The first-order chi connectivity index (χ1) is 7.81. The Bertz CT molecular complexity index is 332. The number of hydrogen-bond donors (Lipinski definition) is 1. The van der Waals surface area contributed by atoms with Crippen LogP contribution in [0.5, 0.6) is 0 Å². The summed E-state index contributed by atoms with van der Waals surface area (Å²) in [5.74, 6) is 1.31. The van der Waals surface area contributed by atoms with E-state index in [4.69, 9.17) is 0 Å². The molecule has 0 aromatic carbocycles. The van der Waals surface area contributed by atoms with Crippen LogP contribution in [0, 0.1) is 11.8 Å². The van der Waals surface area contributed by atoms with Gasteiger partial charge in [0.15, 0.2) is 0 Å². The molecule has 2 unspecified atom stereocenters. The lowest BCUT2D eigenvalue weighted by Crippen LogP contribution is -2.12. The highest BCUT2D eigenvalue weighted by atomic mass is 32.1. The molecule has 1 N–H and O–H groups in total. The van der Waals surface area contributed by atoms with Gasteiger partial charge < -0.3 is 5.11 Å². The third kappa shape index (κ3) is 1.82. The van der Waals surface area contributed by atoms with E-state index in [1.165, 1.54) is 30.6 Å². The first kappa shape index (κ1) is 10.8. The fraction of sp³-hybridized carbons (Fsp3) is 0.714. The maximum Gasteiger partial charge on any atom is 0.0711 e. The number of rotatable bonds is 4. The van der Waals surface area contributed by atoms with E-state index in [1.807, 2.05) is 11.3 Å². The van der Waals surface area contributed by atoms with E-state index in [9.17, 15) is 5.11 Å². The van der Waals surface area contributed by atoms with Crippen LogP contribution >= 0.6 is 11.3 Å². The Morgan fingerprint density at radius 3 is 2.69 bits per heavy atom. The molecule has 0 aliphatic heterocycles. The van der Waals surface area contributed by atoms with Gasteiger partial charge in [0.05, 0.1) is 5.60 Å².